The molecule has 0 aliphatic rings. The standard InChI is InChI=1S/C21H19N3O3/c1-3-16(20-22-17-11-7-8-12-18(17)23-20)21(27)24(13-19(25)26)14(2)15-9-5-4-6-10-15/h3-12H,2,13H2,1H3,(H,22,23)(H,25,26)/b16-3-. The molecule has 0 saturated carbocycles. The lowest BCUT2D eigenvalue weighted by Crippen LogP contribution is -2.34. The van der Waals surface area contributed by atoms with Crippen LogP contribution in [0.2, 0.25) is 0 Å². The average molecular weight is 361 g/mol. The summed E-state index contributed by atoms with van der Waals surface area (Å²) in [4.78, 5) is 33.2. The van der Waals surface area contributed by atoms with Gasteiger partial charge in [-0.25, -0.2) is 4.98 Å². The van der Waals surface area contributed by atoms with E-state index in [-0.39, 0.29) is 5.57 Å². The summed E-state index contributed by atoms with van der Waals surface area (Å²) in [6, 6.07) is 16.4. The SMILES string of the molecule is C=C(c1ccccc1)N(CC(=O)O)C(=O)/C(=C\C)c1nc2ccccc2[nH]1. The van der Waals surface area contributed by atoms with Crippen molar-refractivity contribution in [3.63, 3.8) is 0 Å². The molecule has 3 rings (SSSR count). The summed E-state index contributed by atoms with van der Waals surface area (Å²) >= 11 is 0. The first-order valence-electron chi connectivity index (χ1n) is 8.40. The minimum atomic E-state index is -1.12. The molecule has 1 aromatic heterocycles. The number of carboxylic acids is 1. The van der Waals surface area contributed by atoms with Gasteiger partial charge in [-0.1, -0.05) is 55.1 Å². The van der Waals surface area contributed by atoms with Crippen molar-refractivity contribution < 1.29 is 14.7 Å². The molecule has 0 aliphatic heterocycles. The summed E-state index contributed by atoms with van der Waals surface area (Å²) < 4.78 is 0. The van der Waals surface area contributed by atoms with E-state index in [0.717, 1.165) is 15.9 Å². The molecule has 0 unspecified atom stereocenters. The van der Waals surface area contributed by atoms with Gasteiger partial charge in [-0.15, -0.1) is 0 Å². The van der Waals surface area contributed by atoms with Crippen LogP contribution < -0.4 is 0 Å². The van der Waals surface area contributed by atoms with Crippen molar-refractivity contribution in [3.05, 3.63) is 78.6 Å². The molecule has 0 bridgehead atoms. The number of carbonyl (C=O) groups is 2. The zero-order valence-electron chi connectivity index (χ0n) is 14.8. The van der Waals surface area contributed by atoms with Gasteiger partial charge in [0.1, 0.15) is 12.4 Å². The van der Waals surface area contributed by atoms with Crippen molar-refractivity contribution in [2.45, 2.75) is 6.92 Å². The van der Waals surface area contributed by atoms with Crippen LogP contribution in [0.1, 0.15) is 18.3 Å². The second-order valence-electron chi connectivity index (χ2n) is 5.90. The first-order chi connectivity index (χ1) is 13.0. The van der Waals surface area contributed by atoms with Crippen molar-refractivity contribution >= 4 is 34.2 Å². The summed E-state index contributed by atoms with van der Waals surface area (Å²) in [5, 5.41) is 9.29. The zero-order valence-corrected chi connectivity index (χ0v) is 14.8. The monoisotopic (exact) mass is 361 g/mol. The first-order valence-corrected chi connectivity index (χ1v) is 8.40. The maximum Gasteiger partial charge on any atom is 0.323 e. The van der Waals surface area contributed by atoms with E-state index in [4.69, 9.17) is 0 Å². The van der Waals surface area contributed by atoms with Gasteiger partial charge >= 0.3 is 5.97 Å². The number of nitrogens with zero attached hydrogens (tertiary/aromatic N) is 2. The Labute approximate surface area is 156 Å². The van der Waals surface area contributed by atoms with Gasteiger partial charge in [0.05, 0.1) is 16.6 Å². The van der Waals surface area contributed by atoms with Gasteiger partial charge in [0.25, 0.3) is 5.91 Å². The number of fused-ring (bicyclic) bond motifs is 1. The fraction of sp³-hybridized carbons (Fsp3) is 0.0952. The molecular formula is C21H19N3O3. The van der Waals surface area contributed by atoms with Gasteiger partial charge in [-0.3, -0.25) is 14.5 Å². The van der Waals surface area contributed by atoms with Crippen LogP contribution in [0.5, 0.6) is 0 Å². The van der Waals surface area contributed by atoms with Gasteiger partial charge in [0, 0.05) is 5.70 Å². The molecule has 27 heavy (non-hydrogen) atoms. The van der Waals surface area contributed by atoms with Crippen LogP contribution in [0.15, 0.2) is 67.3 Å². The van der Waals surface area contributed by atoms with E-state index < -0.39 is 18.4 Å². The van der Waals surface area contributed by atoms with Crippen LogP contribution in [0.3, 0.4) is 0 Å². The Balaban J connectivity index is 1.98. The van der Waals surface area contributed by atoms with Crippen LogP contribution in [-0.2, 0) is 9.59 Å². The highest BCUT2D eigenvalue weighted by Crippen LogP contribution is 2.24. The summed E-state index contributed by atoms with van der Waals surface area (Å²) in [5.74, 6) is -1.21. The smallest absolute Gasteiger partial charge is 0.323 e. The van der Waals surface area contributed by atoms with E-state index in [2.05, 4.69) is 16.5 Å². The third kappa shape index (κ3) is 3.79. The van der Waals surface area contributed by atoms with Crippen LogP contribution in [0.25, 0.3) is 22.3 Å². The molecule has 0 radical (unpaired) electrons. The Bertz CT molecular complexity index is 1000. The van der Waals surface area contributed by atoms with Crippen LogP contribution in [-0.4, -0.2) is 38.4 Å². The number of amides is 1. The molecule has 0 saturated heterocycles. The van der Waals surface area contributed by atoms with Gasteiger partial charge in [0.15, 0.2) is 0 Å². The number of aromatic amines is 1. The average Bonchev–Trinajstić information content (AvgIpc) is 3.10. The Hall–Kier alpha value is -3.67. The minimum Gasteiger partial charge on any atom is -0.480 e. The third-order valence-electron chi connectivity index (χ3n) is 4.13. The molecule has 0 atom stereocenters. The van der Waals surface area contributed by atoms with E-state index in [1.807, 2.05) is 30.3 Å². The Kier molecular flexibility index (Phi) is 5.17. The predicted molar refractivity (Wildman–Crippen MR) is 105 cm³/mol. The molecule has 2 N–H and O–H groups in total. The highest BCUT2D eigenvalue weighted by atomic mass is 16.4. The number of benzene rings is 2. The Morgan fingerprint density at radius 2 is 1.81 bits per heavy atom. The number of hydrogen-bond donors (Lipinski definition) is 2. The van der Waals surface area contributed by atoms with Gasteiger partial charge in [-0.2, -0.15) is 0 Å². The molecule has 0 fully saturated rings. The zero-order chi connectivity index (χ0) is 19.4. The molecule has 3 aromatic rings. The van der Waals surface area contributed by atoms with E-state index in [9.17, 15) is 14.7 Å². The second-order valence-corrected chi connectivity index (χ2v) is 5.90. The minimum absolute atomic E-state index is 0.282. The molecule has 136 valence electrons. The van der Waals surface area contributed by atoms with Crippen LogP contribution in [0.4, 0.5) is 0 Å². The number of nitrogens with one attached hydrogen (secondary N) is 1. The highest BCUT2D eigenvalue weighted by molar-refractivity contribution is 6.21. The summed E-state index contributed by atoms with van der Waals surface area (Å²) in [5.41, 5.74) is 2.80. The van der Waals surface area contributed by atoms with Crippen molar-refractivity contribution in [3.8, 4) is 0 Å². The quantitative estimate of drug-likeness (QED) is 0.658. The molecule has 0 spiro atoms. The van der Waals surface area contributed by atoms with Crippen LogP contribution in [0, 0.1) is 0 Å². The fourth-order valence-electron chi connectivity index (χ4n) is 2.80. The number of carbonyl (C=O) groups excluding carboxylic acids is 1. The lowest BCUT2D eigenvalue weighted by atomic mass is 10.1. The predicted octanol–water partition coefficient (Wildman–Crippen LogP) is 3.55. The normalized spacial score (nSPS) is 11.4. The van der Waals surface area contributed by atoms with Crippen molar-refractivity contribution in [2.75, 3.05) is 6.54 Å². The summed E-state index contributed by atoms with van der Waals surface area (Å²) in [6.07, 6.45) is 1.62. The highest BCUT2D eigenvalue weighted by Gasteiger charge is 2.26. The number of aliphatic carboxylic acids is 1. The first kappa shape index (κ1) is 18.1. The molecule has 6 heteroatoms. The van der Waals surface area contributed by atoms with Crippen LogP contribution >= 0.6 is 0 Å². The topological polar surface area (TPSA) is 86.3 Å². The Morgan fingerprint density at radius 1 is 1.15 bits per heavy atom. The number of hydrogen-bond acceptors (Lipinski definition) is 3. The third-order valence-corrected chi connectivity index (χ3v) is 4.13. The van der Waals surface area contributed by atoms with E-state index in [1.54, 1.807) is 37.3 Å². The Morgan fingerprint density at radius 3 is 2.44 bits per heavy atom. The van der Waals surface area contributed by atoms with Crippen molar-refractivity contribution in [2.24, 2.45) is 0 Å². The second kappa shape index (κ2) is 7.70. The van der Waals surface area contributed by atoms with E-state index in [1.165, 1.54) is 0 Å². The van der Waals surface area contributed by atoms with E-state index >= 15 is 0 Å². The maximum atomic E-state index is 13.2. The largest absolute Gasteiger partial charge is 0.480 e. The molecule has 6 nitrogen and oxygen atoms in total. The number of imidazole rings is 1. The number of allylic oxidation sites excluding steroid dienone is 1. The summed E-state index contributed by atoms with van der Waals surface area (Å²) in [6.45, 7) is 5.15. The molecular weight excluding hydrogens is 342 g/mol. The van der Waals surface area contributed by atoms with Crippen molar-refractivity contribution in [1.29, 1.82) is 0 Å². The lowest BCUT2D eigenvalue weighted by Gasteiger charge is -2.24. The van der Waals surface area contributed by atoms with Gasteiger partial charge < -0.3 is 10.1 Å². The number of H-pyrrole nitrogens is 1. The number of aromatic nitrogens is 2. The number of carboxylic acid groups (broad SMARTS) is 1. The molecule has 1 amide bonds. The lowest BCUT2D eigenvalue weighted by molar-refractivity contribution is -0.140. The summed E-state index contributed by atoms with van der Waals surface area (Å²) in [7, 11) is 0. The van der Waals surface area contributed by atoms with Crippen molar-refractivity contribution in [1.82, 2.24) is 14.9 Å². The number of para-hydroxylation sites is 2. The molecule has 1 heterocycles. The molecule has 2 aromatic carbocycles. The molecule has 0 aliphatic carbocycles. The van der Waals surface area contributed by atoms with E-state index in [0.29, 0.717) is 17.1 Å². The van der Waals surface area contributed by atoms with Gasteiger partial charge in [0.2, 0.25) is 0 Å². The fourth-order valence-corrected chi connectivity index (χ4v) is 2.80. The maximum absolute atomic E-state index is 13.2. The van der Waals surface area contributed by atoms with Gasteiger partial charge in [-0.05, 0) is 24.6 Å². The number of rotatable bonds is 6.